The van der Waals surface area contributed by atoms with Crippen molar-refractivity contribution in [2.45, 2.75) is 46.7 Å². The molecule has 0 fully saturated rings. The van der Waals surface area contributed by atoms with E-state index in [0.717, 1.165) is 18.4 Å². The van der Waals surface area contributed by atoms with Crippen molar-refractivity contribution < 1.29 is 27.2 Å². The van der Waals surface area contributed by atoms with Crippen molar-refractivity contribution in [3.05, 3.63) is 23.4 Å². The normalized spacial score (nSPS) is 15.0. The van der Waals surface area contributed by atoms with Crippen molar-refractivity contribution >= 4 is 21.2 Å². The Balaban J connectivity index is 2.37. The van der Waals surface area contributed by atoms with Crippen LogP contribution in [0.25, 0.3) is 0 Å². The molecule has 0 radical (unpaired) electrons. The molecular weight excluding hydrogens is 390 g/mol. The number of hydrogen-bond acceptors (Lipinski definition) is 7. The Morgan fingerprint density at radius 3 is 2.11 bits per heavy atom. The van der Waals surface area contributed by atoms with Crippen LogP contribution in [0.15, 0.2) is 12.1 Å². The molecule has 1 aliphatic rings. The zero-order valence-electron chi connectivity index (χ0n) is 16.5. The lowest BCUT2D eigenvalue weighted by Crippen LogP contribution is -2.30. The van der Waals surface area contributed by atoms with Gasteiger partial charge in [-0.05, 0) is 52.2 Å². The molecular formula is C17H30N2O6P2. The Morgan fingerprint density at radius 1 is 0.963 bits per heavy atom. The van der Waals surface area contributed by atoms with Crippen molar-refractivity contribution in [3.8, 4) is 0 Å². The molecule has 0 bridgehead atoms. The summed E-state index contributed by atoms with van der Waals surface area (Å²) in [7, 11) is -6.76. The number of anilines is 1. The average molecular weight is 420 g/mol. The van der Waals surface area contributed by atoms with Crippen molar-refractivity contribution in [1.82, 2.24) is 4.98 Å². The fourth-order valence-corrected chi connectivity index (χ4v) is 6.42. The summed E-state index contributed by atoms with van der Waals surface area (Å²) in [5.41, 5.74) is 1.53. The van der Waals surface area contributed by atoms with Gasteiger partial charge in [-0.1, -0.05) is 6.07 Å². The summed E-state index contributed by atoms with van der Waals surface area (Å²) in [5.74, 6) is 0.559. The molecule has 0 N–H and O–H groups in total. The molecule has 10 heteroatoms. The van der Waals surface area contributed by atoms with E-state index in [1.54, 1.807) is 32.4 Å². The monoisotopic (exact) mass is 420 g/mol. The highest BCUT2D eigenvalue weighted by Crippen LogP contribution is 2.56. The number of fused-ring (bicyclic) bond motifs is 1. The maximum atomic E-state index is 13.3. The van der Waals surface area contributed by atoms with E-state index in [2.05, 4.69) is 4.98 Å². The Bertz CT molecular complexity index is 695. The minimum atomic E-state index is -3.48. The fraction of sp³-hybridized carbons (Fsp3) is 0.706. The fourth-order valence-electron chi connectivity index (χ4n) is 3.01. The molecule has 0 unspecified atom stereocenters. The van der Waals surface area contributed by atoms with Crippen molar-refractivity contribution in [1.29, 1.82) is 0 Å². The largest absolute Gasteiger partial charge is 0.436 e. The zero-order valence-corrected chi connectivity index (χ0v) is 18.3. The molecule has 154 valence electrons. The Labute approximate surface area is 161 Å². The van der Waals surface area contributed by atoms with Gasteiger partial charge in [-0.2, -0.15) is 0 Å². The molecule has 27 heavy (non-hydrogen) atoms. The van der Waals surface area contributed by atoms with E-state index in [1.807, 2.05) is 12.1 Å². The SMILES string of the molecule is CCOP(=O)(Cc1ccc2c(n1)N(P(=O)(OCC)OCC)CCC2)OCC. The van der Waals surface area contributed by atoms with Crippen LogP contribution in [0.4, 0.5) is 5.82 Å². The van der Waals surface area contributed by atoms with Crippen LogP contribution < -0.4 is 4.67 Å². The van der Waals surface area contributed by atoms with Crippen LogP contribution in [0.2, 0.25) is 0 Å². The third kappa shape index (κ3) is 5.63. The molecule has 8 nitrogen and oxygen atoms in total. The van der Waals surface area contributed by atoms with Gasteiger partial charge in [0.05, 0.1) is 38.3 Å². The quantitative estimate of drug-likeness (QED) is 0.473. The summed E-state index contributed by atoms with van der Waals surface area (Å²) in [5, 5.41) is 0. The van der Waals surface area contributed by atoms with E-state index in [0.29, 0.717) is 18.1 Å². The highest BCUT2D eigenvalue weighted by Gasteiger charge is 2.37. The van der Waals surface area contributed by atoms with Crippen molar-refractivity contribution in [2.75, 3.05) is 37.6 Å². The van der Waals surface area contributed by atoms with Crippen LogP contribution in [-0.4, -0.2) is 38.0 Å². The lowest BCUT2D eigenvalue weighted by atomic mass is 10.1. The summed E-state index contributed by atoms with van der Waals surface area (Å²) < 4.78 is 49.4. The van der Waals surface area contributed by atoms with Crippen LogP contribution in [0.5, 0.6) is 0 Å². The van der Waals surface area contributed by atoms with Crippen LogP contribution in [0.1, 0.15) is 45.4 Å². The molecule has 0 atom stereocenters. The molecule has 1 aliphatic heterocycles. The summed E-state index contributed by atoms with van der Waals surface area (Å²) in [6, 6.07) is 3.74. The Hall–Kier alpha value is -0.750. The first-order chi connectivity index (χ1) is 12.9. The number of nitrogens with zero attached hydrogens (tertiary/aromatic N) is 2. The lowest BCUT2D eigenvalue weighted by Gasteiger charge is -2.34. The van der Waals surface area contributed by atoms with Crippen molar-refractivity contribution in [2.24, 2.45) is 0 Å². The Morgan fingerprint density at radius 2 is 1.56 bits per heavy atom. The summed E-state index contributed by atoms with van der Waals surface area (Å²) in [4.78, 5) is 4.64. The minimum Gasteiger partial charge on any atom is -0.309 e. The molecule has 1 aromatic rings. The van der Waals surface area contributed by atoms with Crippen LogP contribution >= 0.6 is 15.3 Å². The first-order valence-electron chi connectivity index (χ1n) is 9.45. The van der Waals surface area contributed by atoms with Gasteiger partial charge in [0.2, 0.25) is 0 Å². The first kappa shape index (κ1) is 22.5. The second-order valence-electron chi connectivity index (χ2n) is 5.92. The van der Waals surface area contributed by atoms with E-state index in [4.69, 9.17) is 18.1 Å². The summed E-state index contributed by atoms with van der Waals surface area (Å²) >= 11 is 0. The first-order valence-corrected chi connectivity index (χ1v) is 12.7. The predicted octanol–water partition coefficient (Wildman–Crippen LogP) is 4.78. The smallest absolute Gasteiger partial charge is 0.309 e. The van der Waals surface area contributed by atoms with Gasteiger partial charge in [-0.3, -0.25) is 18.3 Å². The van der Waals surface area contributed by atoms with E-state index < -0.39 is 15.3 Å². The van der Waals surface area contributed by atoms with Gasteiger partial charge < -0.3 is 9.05 Å². The maximum Gasteiger partial charge on any atom is 0.436 e. The zero-order chi connectivity index (χ0) is 19.9. The molecule has 0 aliphatic carbocycles. The highest BCUT2D eigenvalue weighted by molar-refractivity contribution is 7.55. The molecule has 0 saturated carbocycles. The number of rotatable bonds is 11. The minimum absolute atomic E-state index is 0.0589. The third-order valence-corrected chi connectivity index (χ3v) is 8.13. The number of hydrogen-bond donors (Lipinski definition) is 0. The molecule has 2 heterocycles. The van der Waals surface area contributed by atoms with Gasteiger partial charge in [-0.15, -0.1) is 0 Å². The molecule has 2 rings (SSSR count). The van der Waals surface area contributed by atoms with Gasteiger partial charge in [0.15, 0.2) is 0 Å². The van der Waals surface area contributed by atoms with Crippen molar-refractivity contribution in [3.63, 3.8) is 0 Å². The summed E-state index contributed by atoms with van der Waals surface area (Å²) in [6.07, 6.45) is 1.71. The van der Waals surface area contributed by atoms with Crippen LogP contribution in [-0.2, 0) is 39.8 Å². The van der Waals surface area contributed by atoms with Gasteiger partial charge in [0.1, 0.15) is 5.82 Å². The van der Waals surface area contributed by atoms with E-state index in [9.17, 15) is 9.13 Å². The number of pyridine rings is 1. The second-order valence-corrected chi connectivity index (χ2v) is 9.91. The van der Waals surface area contributed by atoms with Crippen LogP contribution in [0.3, 0.4) is 0 Å². The van der Waals surface area contributed by atoms with Crippen LogP contribution in [0, 0.1) is 0 Å². The van der Waals surface area contributed by atoms with Gasteiger partial charge >= 0.3 is 15.3 Å². The molecule has 1 aromatic heterocycles. The molecule has 0 amide bonds. The molecule has 0 saturated heterocycles. The standard InChI is InChI=1S/C17H30N2O6P2/c1-5-22-26(20,23-6-2)14-16-12-11-15-10-9-13-19(17(15)18-16)27(21,24-7-3)25-8-4/h11-12H,5-10,13-14H2,1-4H3. The third-order valence-electron chi connectivity index (χ3n) is 3.96. The van der Waals surface area contributed by atoms with E-state index in [-0.39, 0.29) is 32.6 Å². The topological polar surface area (TPSA) is 87.2 Å². The summed E-state index contributed by atoms with van der Waals surface area (Å²) in [6.45, 7) is 8.75. The second kappa shape index (κ2) is 10.1. The average Bonchev–Trinajstić information content (AvgIpc) is 2.61. The number of aryl methyl sites for hydroxylation is 1. The van der Waals surface area contributed by atoms with Gasteiger partial charge in [-0.25, -0.2) is 9.55 Å². The predicted molar refractivity (Wildman–Crippen MR) is 105 cm³/mol. The lowest BCUT2D eigenvalue weighted by molar-refractivity contribution is 0.216. The number of aromatic nitrogens is 1. The highest BCUT2D eigenvalue weighted by atomic mass is 31.2. The molecule has 0 aromatic carbocycles. The maximum absolute atomic E-state index is 13.3. The van der Waals surface area contributed by atoms with Gasteiger partial charge in [0.25, 0.3) is 0 Å². The molecule has 0 spiro atoms. The van der Waals surface area contributed by atoms with E-state index in [1.165, 1.54) is 0 Å². The Kier molecular flexibility index (Phi) is 8.47. The van der Waals surface area contributed by atoms with E-state index >= 15 is 0 Å². The van der Waals surface area contributed by atoms with Gasteiger partial charge in [0, 0.05) is 6.54 Å².